The molecule has 7 atom stereocenters. The van der Waals surface area contributed by atoms with Gasteiger partial charge in [0.15, 0.2) is 5.69 Å². The summed E-state index contributed by atoms with van der Waals surface area (Å²) in [6.07, 6.45) is 1.74. The predicted octanol–water partition coefficient (Wildman–Crippen LogP) is 4.67. The molecule has 0 spiro atoms. The smallest absolute Gasteiger partial charge is 0.275 e. The van der Waals surface area contributed by atoms with E-state index in [1.54, 1.807) is 34.5 Å². The Kier molecular flexibility index (Phi) is 22.1. The standard InChI is InChI=1S/C69H66N18O13S5/c1-31(54(71)90)72-55(91)33(3)74-60(96)49-13-9-21-86(49)68(98)34(4)75-56(92)32(2)73-57(93)45-27-102-63(81-45)40-20-19-39-53(76-40)44-26-101-66(80-44)48-30-105-67(84-48)50-14-10-22-87(50)69(99)43(24-37-15-17-38(88)18-16-37)79-59(95)47-29-103-64(82-47)41(23-36-11-7-6-8-12-36)77-58(94)46-28-104-65(83-46)42(25-51(70)89)78-61(97)52-35(5)100-62(39)85-52/h6-8,11-12,15-20,26-28,30,34,41-43,47,49-50,88H,1-3,9-10,13-14,21-25,29H2,4-5H3,(H2,70,89)(H2,71,90)(H,72,91)(H,73,93)(H,74,96)(H,75,92)(H,77,94)(H,78,97)(H,79,95)/t34-,41-,42-,43-,47+,49-,50-/m0/s1. The Balaban J connectivity index is 0.826. The SMILES string of the molecule is C=C(NC(=O)C(=C)NC(=O)[C@@H]1CCCN1C(=O)[C@H](C)NC(=O)C(=C)NC(=O)c1csc(-c2ccc3c(n2)-c2csc(n2)-c2csc(n2)[C@@H]2CCCN2C(=O)[C@H](Cc2ccc(O)cc2)NC(=O)[C@H]2CSC(=N2)[C@H](Cc2ccccc2)NC(=O)c2csc(n2)[C@H](CC(N)=O)NC(=O)c2nc-3oc2C)n1)C(N)=O. The number of phenols is 1. The van der Waals surface area contributed by atoms with Crippen LogP contribution in [0.25, 0.3) is 44.2 Å². The number of amides is 11. The maximum Gasteiger partial charge on any atom is 0.275 e. The van der Waals surface area contributed by atoms with Gasteiger partial charge in [0, 0.05) is 46.8 Å². The number of oxazole rings is 1. The lowest BCUT2D eigenvalue weighted by atomic mass is 10.0. The minimum atomic E-state index is -1.24. The Morgan fingerprint density at radius 3 is 2.10 bits per heavy atom. The number of aromatic nitrogens is 6. The first-order chi connectivity index (χ1) is 50.3. The average Bonchev–Trinajstić information content (AvgIpc) is 1.60. The summed E-state index contributed by atoms with van der Waals surface area (Å²) in [6, 6.07) is 12.2. The first kappa shape index (κ1) is 73.3. The second-order valence-corrected chi connectivity index (χ2v) is 29.2. The van der Waals surface area contributed by atoms with Crippen molar-refractivity contribution in [2.24, 2.45) is 16.5 Å². The molecular formula is C69H66N18O13S5. The number of rotatable bonds is 17. The van der Waals surface area contributed by atoms with Gasteiger partial charge in [-0.25, -0.2) is 29.9 Å². The summed E-state index contributed by atoms with van der Waals surface area (Å²) < 4.78 is 6.26. The number of fused-ring (bicyclic) bond motifs is 15. The van der Waals surface area contributed by atoms with Crippen molar-refractivity contribution in [3.63, 3.8) is 0 Å². The third kappa shape index (κ3) is 16.8. The number of nitrogens with two attached hydrogens (primary N) is 2. The molecule has 10 bridgehead atoms. The lowest BCUT2D eigenvalue weighted by Crippen LogP contribution is -2.53. The van der Waals surface area contributed by atoms with Gasteiger partial charge in [-0.15, -0.1) is 57.1 Å². The molecule has 540 valence electrons. The normalized spacial score (nSPS) is 19.2. The third-order valence-corrected chi connectivity index (χ3v) is 22.0. The number of nitrogens with zero attached hydrogens (tertiary/aromatic N) is 9. The van der Waals surface area contributed by atoms with Crippen LogP contribution >= 0.6 is 57.1 Å². The number of aryl methyl sites for hydroxylation is 1. The van der Waals surface area contributed by atoms with Crippen LogP contribution in [0, 0.1) is 6.92 Å². The van der Waals surface area contributed by atoms with Gasteiger partial charge in [-0.2, -0.15) is 0 Å². The van der Waals surface area contributed by atoms with Crippen molar-refractivity contribution < 1.29 is 62.3 Å². The molecule has 4 aliphatic heterocycles. The molecule has 0 saturated carbocycles. The number of primary amides is 2. The van der Waals surface area contributed by atoms with Crippen molar-refractivity contribution in [2.45, 2.75) is 101 Å². The lowest BCUT2D eigenvalue weighted by Gasteiger charge is -2.29. The Hall–Kier alpha value is -11.5. The number of aromatic hydroxyl groups is 1. The number of thiazole rings is 4. The zero-order valence-corrected chi connectivity index (χ0v) is 60.0. The molecule has 0 aliphatic carbocycles. The fraction of sp³-hybridized carbons (Fsp3) is 0.275. The Morgan fingerprint density at radius 2 is 1.34 bits per heavy atom. The summed E-state index contributed by atoms with van der Waals surface area (Å²) >= 11 is 5.90. The Labute approximate surface area is 618 Å². The highest BCUT2D eigenvalue weighted by Crippen LogP contribution is 2.40. The summed E-state index contributed by atoms with van der Waals surface area (Å²) in [5.41, 5.74) is 12.1. The molecule has 4 aliphatic rings. The van der Waals surface area contributed by atoms with Crippen LogP contribution in [0.1, 0.15) is 109 Å². The van der Waals surface area contributed by atoms with E-state index in [9.17, 15) is 53.1 Å². The second kappa shape index (κ2) is 31.6. The largest absolute Gasteiger partial charge is 0.508 e. The number of thioether (sulfide) groups is 1. The molecule has 0 unspecified atom stereocenters. The third-order valence-electron chi connectivity index (χ3n) is 17.2. The van der Waals surface area contributed by atoms with Gasteiger partial charge in [-0.3, -0.25) is 57.7 Å². The zero-order valence-electron chi connectivity index (χ0n) is 56.0. The van der Waals surface area contributed by atoms with Crippen molar-refractivity contribution in [3.05, 3.63) is 169 Å². The first-order valence-electron chi connectivity index (χ1n) is 32.6. The van der Waals surface area contributed by atoms with Crippen LogP contribution in [0.2, 0.25) is 0 Å². The van der Waals surface area contributed by atoms with E-state index in [4.69, 9.17) is 35.8 Å². The van der Waals surface area contributed by atoms with E-state index in [1.807, 2.05) is 35.7 Å². The topological polar surface area (TPSA) is 454 Å². The summed E-state index contributed by atoms with van der Waals surface area (Å²) in [4.78, 5) is 186. The van der Waals surface area contributed by atoms with Gasteiger partial charge in [0.05, 0.1) is 57.9 Å². The number of pyridine rings is 1. The molecule has 8 aromatic rings. The van der Waals surface area contributed by atoms with Gasteiger partial charge in [0.25, 0.3) is 35.4 Å². The number of aliphatic imine (C=N–C) groups is 1. The highest BCUT2D eigenvalue weighted by Gasteiger charge is 2.41. The van der Waals surface area contributed by atoms with Crippen molar-refractivity contribution in [3.8, 4) is 50.0 Å². The van der Waals surface area contributed by atoms with E-state index in [0.717, 1.165) is 28.2 Å². The molecule has 36 heteroatoms. The maximum absolute atomic E-state index is 15.1. The maximum atomic E-state index is 15.1. The predicted molar refractivity (Wildman–Crippen MR) is 389 cm³/mol. The van der Waals surface area contributed by atoms with Gasteiger partial charge in [0.1, 0.15) is 84.2 Å². The highest BCUT2D eigenvalue weighted by atomic mass is 32.2. The molecule has 6 aromatic heterocycles. The summed E-state index contributed by atoms with van der Waals surface area (Å²) in [5, 5.41) is 36.8. The second-order valence-electron chi connectivity index (χ2n) is 24.6. The number of benzene rings is 2. The van der Waals surface area contributed by atoms with Gasteiger partial charge in [0.2, 0.25) is 35.4 Å². The van der Waals surface area contributed by atoms with E-state index in [0.29, 0.717) is 57.8 Å². The molecule has 2 fully saturated rings. The van der Waals surface area contributed by atoms with Crippen LogP contribution in [0.5, 0.6) is 5.75 Å². The quantitative estimate of drug-likeness (QED) is 0.0554. The van der Waals surface area contributed by atoms with Crippen molar-refractivity contribution >= 4 is 127 Å². The van der Waals surface area contributed by atoms with Gasteiger partial charge < -0.3 is 68.0 Å². The molecule has 31 nitrogen and oxygen atoms in total. The molecule has 2 saturated heterocycles. The Bertz CT molecular complexity index is 4890. The minimum Gasteiger partial charge on any atom is -0.508 e. The lowest BCUT2D eigenvalue weighted by molar-refractivity contribution is -0.140. The van der Waals surface area contributed by atoms with Crippen LogP contribution in [0.3, 0.4) is 0 Å². The van der Waals surface area contributed by atoms with Crippen LogP contribution in [-0.2, 0) is 51.2 Å². The fourth-order valence-corrected chi connectivity index (χ4v) is 16.4. The van der Waals surface area contributed by atoms with Crippen molar-refractivity contribution in [1.82, 2.24) is 76.9 Å². The highest BCUT2D eigenvalue weighted by molar-refractivity contribution is 8.14. The zero-order chi connectivity index (χ0) is 74.5. The average molecular weight is 1520 g/mol. The number of likely N-dealkylation sites (tertiary alicyclic amines) is 1. The van der Waals surface area contributed by atoms with Gasteiger partial charge in [-0.05, 0) is 81.3 Å². The number of carbonyl (C=O) groups excluding carboxylic acids is 11. The monoisotopic (exact) mass is 1510 g/mol. The van der Waals surface area contributed by atoms with E-state index >= 15 is 4.79 Å². The molecule has 2 aromatic carbocycles. The van der Waals surface area contributed by atoms with Crippen LogP contribution < -0.4 is 48.7 Å². The van der Waals surface area contributed by atoms with Crippen LogP contribution in [0.15, 0.2) is 134 Å². The minimum absolute atomic E-state index is 0.0266. The fourth-order valence-electron chi connectivity index (χ4n) is 11.9. The van der Waals surface area contributed by atoms with Crippen molar-refractivity contribution in [1.29, 1.82) is 0 Å². The summed E-state index contributed by atoms with van der Waals surface area (Å²) in [7, 11) is 0. The summed E-state index contributed by atoms with van der Waals surface area (Å²) in [5.74, 6) is -8.00. The molecule has 11 amide bonds. The van der Waals surface area contributed by atoms with E-state index in [1.165, 1.54) is 76.1 Å². The molecule has 0 radical (unpaired) electrons. The number of hydrogen-bond acceptors (Lipinski definition) is 25. The molecule has 12 N–H and O–H groups in total. The van der Waals surface area contributed by atoms with E-state index in [-0.39, 0.29) is 98.9 Å². The number of nitrogens with one attached hydrogen (secondary N) is 7. The Morgan fingerprint density at radius 1 is 0.667 bits per heavy atom. The number of carbonyl (C=O) groups is 11. The van der Waals surface area contributed by atoms with Crippen LogP contribution in [-0.4, -0.2) is 164 Å². The first-order valence-corrected chi connectivity index (χ1v) is 37.1. The molecule has 12 rings (SSSR count). The van der Waals surface area contributed by atoms with E-state index < -0.39 is 125 Å². The molecule has 10 heterocycles. The number of hydrogen-bond donors (Lipinski definition) is 10. The number of phenolic OH excluding ortho intramolecular Hbond substituents is 1. The van der Waals surface area contributed by atoms with Crippen molar-refractivity contribution in [2.75, 3.05) is 18.8 Å². The molecule has 105 heavy (non-hydrogen) atoms. The molecular weight excluding hydrogens is 1450 g/mol. The van der Waals surface area contributed by atoms with Gasteiger partial charge in [-0.1, -0.05) is 62.2 Å². The van der Waals surface area contributed by atoms with Crippen LogP contribution in [0.4, 0.5) is 0 Å². The van der Waals surface area contributed by atoms with Gasteiger partial charge >= 0.3 is 0 Å². The summed E-state index contributed by atoms with van der Waals surface area (Å²) in [6.45, 7) is 13.9. The van der Waals surface area contributed by atoms with E-state index in [2.05, 4.69) is 71.9 Å².